The molecular formula is C42H29N. The average Bonchev–Trinajstić information content (AvgIpc) is 3.09. The Morgan fingerprint density at radius 3 is 1.67 bits per heavy atom. The standard InChI is InChI=1S/C42H29N/c1-4-14-30(15-5-1)33-25-27-40(39(28-33)31-16-6-2-7-17-31)43(35-20-8-3-9-21-35)41-29-34-19-11-12-22-36(34)38-26-24-32-18-10-13-23-37(32)42(38)41/h1-29H. The summed E-state index contributed by atoms with van der Waals surface area (Å²) in [6, 6.07) is 63.5. The molecule has 1 nitrogen and oxygen atoms in total. The maximum atomic E-state index is 2.46. The molecule has 0 unspecified atom stereocenters. The molecule has 202 valence electrons. The third kappa shape index (κ3) is 4.43. The fourth-order valence-electron chi connectivity index (χ4n) is 6.41. The number of para-hydroxylation sites is 1. The first kappa shape index (κ1) is 25.1. The Labute approximate surface area is 251 Å². The molecule has 8 aromatic carbocycles. The Morgan fingerprint density at radius 2 is 0.930 bits per heavy atom. The van der Waals surface area contributed by atoms with E-state index in [9.17, 15) is 0 Å². The van der Waals surface area contributed by atoms with Crippen LogP contribution < -0.4 is 4.90 Å². The molecular weight excluding hydrogens is 518 g/mol. The number of anilines is 3. The van der Waals surface area contributed by atoms with E-state index in [4.69, 9.17) is 0 Å². The van der Waals surface area contributed by atoms with Gasteiger partial charge in [0, 0.05) is 16.6 Å². The number of rotatable bonds is 5. The van der Waals surface area contributed by atoms with E-state index in [0.717, 1.165) is 11.4 Å². The highest BCUT2D eigenvalue weighted by Crippen LogP contribution is 2.47. The zero-order valence-electron chi connectivity index (χ0n) is 23.7. The quantitative estimate of drug-likeness (QED) is 0.194. The van der Waals surface area contributed by atoms with Crippen LogP contribution in [0.15, 0.2) is 176 Å². The molecule has 0 saturated heterocycles. The number of hydrogen-bond donors (Lipinski definition) is 0. The van der Waals surface area contributed by atoms with Crippen molar-refractivity contribution in [3.63, 3.8) is 0 Å². The molecule has 43 heavy (non-hydrogen) atoms. The van der Waals surface area contributed by atoms with Gasteiger partial charge in [0.05, 0.1) is 11.4 Å². The monoisotopic (exact) mass is 547 g/mol. The van der Waals surface area contributed by atoms with Gasteiger partial charge in [-0.2, -0.15) is 0 Å². The summed E-state index contributed by atoms with van der Waals surface area (Å²) < 4.78 is 0. The van der Waals surface area contributed by atoms with Crippen molar-refractivity contribution in [3.05, 3.63) is 176 Å². The van der Waals surface area contributed by atoms with E-state index in [1.54, 1.807) is 0 Å². The predicted octanol–water partition coefficient (Wildman–Crippen LogP) is 11.9. The second-order valence-corrected chi connectivity index (χ2v) is 11.0. The second-order valence-electron chi connectivity index (χ2n) is 11.0. The van der Waals surface area contributed by atoms with Gasteiger partial charge >= 0.3 is 0 Å². The van der Waals surface area contributed by atoms with Crippen LogP contribution in [0.25, 0.3) is 54.6 Å². The Balaban J connectivity index is 1.50. The van der Waals surface area contributed by atoms with Crippen molar-refractivity contribution in [2.24, 2.45) is 0 Å². The van der Waals surface area contributed by atoms with Crippen LogP contribution in [-0.2, 0) is 0 Å². The van der Waals surface area contributed by atoms with Crippen LogP contribution in [0.2, 0.25) is 0 Å². The summed E-state index contributed by atoms with van der Waals surface area (Å²) in [6.07, 6.45) is 0. The molecule has 8 rings (SSSR count). The van der Waals surface area contributed by atoms with E-state index in [1.807, 2.05) is 0 Å². The summed E-state index contributed by atoms with van der Waals surface area (Å²) in [5, 5.41) is 7.50. The summed E-state index contributed by atoms with van der Waals surface area (Å²) in [6.45, 7) is 0. The van der Waals surface area contributed by atoms with Crippen LogP contribution >= 0.6 is 0 Å². The van der Waals surface area contributed by atoms with Crippen molar-refractivity contribution in [1.29, 1.82) is 0 Å². The molecule has 0 bridgehead atoms. The smallest absolute Gasteiger partial charge is 0.0552 e. The third-order valence-electron chi connectivity index (χ3n) is 8.41. The van der Waals surface area contributed by atoms with Gasteiger partial charge in [-0.3, -0.25) is 0 Å². The van der Waals surface area contributed by atoms with Crippen molar-refractivity contribution in [2.45, 2.75) is 0 Å². The van der Waals surface area contributed by atoms with Gasteiger partial charge in [-0.1, -0.05) is 146 Å². The van der Waals surface area contributed by atoms with E-state index >= 15 is 0 Å². The Hall–Kier alpha value is -5.66. The van der Waals surface area contributed by atoms with Gasteiger partial charge in [-0.05, 0) is 74.0 Å². The Morgan fingerprint density at radius 1 is 0.326 bits per heavy atom. The molecule has 0 aliphatic carbocycles. The highest BCUT2D eigenvalue weighted by Gasteiger charge is 2.22. The van der Waals surface area contributed by atoms with Crippen LogP contribution in [0.5, 0.6) is 0 Å². The molecule has 0 amide bonds. The lowest BCUT2D eigenvalue weighted by Gasteiger charge is -2.30. The van der Waals surface area contributed by atoms with Crippen molar-refractivity contribution >= 4 is 49.4 Å². The van der Waals surface area contributed by atoms with Crippen LogP contribution in [0, 0.1) is 0 Å². The second kappa shape index (κ2) is 10.6. The molecule has 0 spiro atoms. The lowest BCUT2D eigenvalue weighted by molar-refractivity contribution is 1.30. The normalized spacial score (nSPS) is 11.3. The summed E-state index contributed by atoms with van der Waals surface area (Å²) in [5.41, 5.74) is 8.21. The van der Waals surface area contributed by atoms with Gasteiger partial charge in [-0.25, -0.2) is 0 Å². The van der Waals surface area contributed by atoms with Crippen LogP contribution in [0.4, 0.5) is 17.1 Å². The predicted molar refractivity (Wildman–Crippen MR) is 185 cm³/mol. The topological polar surface area (TPSA) is 3.24 Å². The zero-order valence-corrected chi connectivity index (χ0v) is 23.7. The summed E-state index contributed by atoms with van der Waals surface area (Å²) in [7, 11) is 0. The van der Waals surface area contributed by atoms with Crippen LogP contribution in [-0.4, -0.2) is 0 Å². The first-order valence-electron chi connectivity index (χ1n) is 14.8. The number of benzene rings is 8. The van der Waals surface area contributed by atoms with Crippen molar-refractivity contribution < 1.29 is 0 Å². The first-order chi connectivity index (χ1) is 21.3. The lowest BCUT2D eigenvalue weighted by Crippen LogP contribution is -2.12. The van der Waals surface area contributed by atoms with Crippen LogP contribution in [0.3, 0.4) is 0 Å². The van der Waals surface area contributed by atoms with Crippen molar-refractivity contribution in [3.8, 4) is 22.3 Å². The number of hydrogen-bond acceptors (Lipinski definition) is 1. The highest BCUT2D eigenvalue weighted by atomic mass is 15.1. The molecule has 1 heteroatoms. The minimum atomic E-state index is 1.12. The molecule has 0 saturated carbocycles. The van der Waals surface area contributed by atoms with E-state index in [2.05, 4.69) is 181 Å². The molecule has 0 aliphatic rings. The minimum absolute atomic E-state index is 1.12. The summed E-state index contributed by atoms with van der Waals surface area (Å²) >= 11 is 0. The third-order valence-corrected chi connectivity index (χ3v) is 8.41. The van der Waals surface area contributed by atoms with E-state index < -0.39 is 0 Å². The van der Waals surface area contributed by atoms with Gasteiger partial charge in [-0.15, -0.1) is 0 Å². The fraction of sp³-hybridized carbons (Fsp3) is 0. The average molecular weight is 548 g/mol. The summed E-state index contributed by atoms with van der Waals surface area (Å²) in [4.78, 5) is 2.46. The SMILES string of the molecule is c1ccc(-c2ccc(N(c3ccccc3)c3cc4ccccc4c4ccc5ccccc5c34)c(-c3ccccc3)c2)cc1. The van der Waals surface area contributed by atoms with Gasteiger partial charge in [0.2, 0.25) is 0 Å². The molecule has 0 fully saturated rings. The molecule has 0 heterocycles. The van der Waals surface area contributed by atoms with E-state index in [0.29, 0.717) is 0 Å². The maximum Gasteiger partial charge on any atom is 0.0552 e. The fourth-order valence-corrected chi connectivity index (χ4v) is 6.41. The van der Waals surface area contributed by atoms with E-state index in [1.165, 1.54) is 60.3 Å². The van der Waals surface area contributed by atoms with Gasteiger partial charge < -0.3 is 4.90 Å². The van der Waals surface area contributed by atoms with Gasteiger partial charge in [0.1, 0.15) is 0 Å². The maximum absolute atomic E-state index is 2.46. The Bertz CT molecular complexity index is 2220. The molecule has 0 atom stereocenters. The van der Waals surface area contributed by atoms with Gasteiger partial charge in [0.15, 0.2) is 0 Å². The summed E-state index contributed by atoms with van der Waals surface area (Å²) in [5.74, 6) is 0. The molecule has 0 aliphatic heterocycles. The molecule has 0 aromatic heterocycles. The van der Waals surface area contributed by atoms with E-state index in [-0.39, 0.29) is 0 Å². The van der Waals surface area contributed by atoms with Crippen molar-refractivity contribution in [1.82, 2.24) is 0 Å². The van der Waals surface area contributed by atoms with Gasteiger partial charge in [0.25, 0.3) is 0 Å². The van der Waals surface area contributed by atoms with Crippen LogP contribution in [0.1, 0.15) is 0 Å². The van der Waals surface area contributed by atoms with Crippen molar-refractivity contribution in [2.75, 3.05) is 4.90 Å². The zero-order chi connectivity index (χ0) is 28.6. The molecule has 0 N–H and O–H groups in total. The highest BCUT2D eigenvalue weighted by molar-refractivity contribution is 6.23. The molecule has 0 radical (unpaired) electrons. The number of fused-ring (bicyclic) bond motifs is 5. The number of nitrogens with zero attached hydrogens (tertiary/aromatic N) is 1. The first-order valence-corrected chi connectivity index (χ1v) is 14.8. The lowest BCUT2D eigenvalue weighted by atomic mass is 9.93. The minimum Gasteiger partial charge on any atom is -0.309 e. The Kier molecular flexibility index (Phi) is 6.20. The largest absolute Gasteiger partial charge is 0.309 e. The molecule has 8 aromatic rings.